The highest BCUT2D eigenvalue weighted by Crippen LogP contribution is 2.27. The first-order valence-electron chi connectivity index (χ1n) is 8.14. The van der Waals surface area contributed by atoms with Crippen molar-refractivity contribution in [2.24, 2.45) is 0 Å². The monoisotopic (exact) mass is 392 g/mol. The van der Waals surface area contributed by atoms with Crippen molar-refractivity contribution in [1.82, 2.24) is 24.1 Å². The molecule has 1 fully saturated rings. The Bertz CT molecular complexity index is 1100. The molecule has 9 nitrogen and oxygen atoms in total. The maximum atomic E-state index is 13.9. The van der Waals surface area contributed by atoms with Crippen molar-refractivity contribution < 1.29 is 17.5 Å². The van der Waals surface area contributed by atoms with E-state index in [-0.39, 0.29) is 16.7 Å². The molecular formula is C16H17FN6O3S. The number of aromatic nitrogens is 4. The largest absolute Gasteiger partial charge is 0.494 e. The number of anilines is 1. The third-order valence-corrected chi connectivity index (χ3v) is 6.55. The number of fused-ring (bicyclic) bond motifs is 1. The van der Waals surface area contributed by atoms with Crippen LogP contribution in [-0.2, 0) is 10.0 Å². The second kappa shape index (κ2) is 6.43. The molecule has 11 heteroatoms. The lowest BCUT2D eigenvalue weighted by Crippen LogP contribution is -2.60. The topological polar surface area (TPSA) is 92.9 Å². The first kappa shape index (κ1) is 17.6. The smallest absolute Gasteiger partial charge is 0.243 e. The number of nitrogens with zero attached hydrogens (tertiary/aromatic N) is 6. The highest BCUT2D eigenvalue weighted by Gasteiger charge is 2.37. The number of rotatable bonds is 5. The van der Waals surface area contributed by atoms with Crippen LogP contribution in [0.25, 0.3) is 5.65 Å². The first-order valence-corrected chi connectivity index (χ1v) is 9.58. The van der Waals surface area contributed by atoms with Crippen LogP contribution in [0.3, 0.4) is 0 Å². The van der Waals surface area contributed by atoms with E-state index in [0.717, 1.165) is 6.07 Å². The van der Waals surface area contributed by atoms with Crippen molar-refractivity contribution in [3.8, 4) is 5.75 Å². The Morgan fingerprint density at radius 1 is 1.26 bits per heavy atom. The fourth-order valence-corrected chi connectivity index (χ4v) is 4.28. The Hall–Kier alpha value is -2.79. The number of halogens is 1. The second-order valence-electron chi connectivity index (χ2n) is 6.20. The molecule has 0 saturated carbocycles. The van der Waals surface area contributed by atoms with E-state index < -0.39 is 15.8 Å². The van der Waals surface area contributed by atoms with Crippen LogP contribution in [-0.4, -0.2) is 65.8 Å². The van der Waals surface area contributed by atoms with E-state index in [1.807, 2.05) is 11.0 Å². The van der Waals surface area contributed by atoms with E-state index >= 15 is 0 Å². The summed E-state index contributed by atoms with van der Waals surface area (Å²) in [6.07, 6.45) is 1.50. The van der Waals surface area contributed by atoms with Crippen LogP contribution < -0.4 is 9.64 Å². The number of hydrogen-bond acceptors (Lipinski definition) is 7. The van der Waals surface area contributed by atoms with Gasteiger partial charge < -0.3 is 9.64 Å². The normalized spacial score (nSPS) is 15.3. The molecule has 1 aliphatic heterocycles. The fourth-order valence-electron chi connectivity index (χ4n) is 2.93. The van der Waals surface area contributed by atoms with Gasteiger partial charge in [-0.2, -0.15) is 8.82 Å². The van der Waals surface area contributed by atoms with Crippen LogP contribution in [0.2, 0.25) is 0 Å². The van der Waals surface area contributed by atoms with Gasteiger partial charge in [-0.05, 0) is 30.3 Å². The Morgan fingerprint density at radius 2 is 2.04 bits per heavy atom. The predicted octanol–water partition coefficient (Wildman–Crippen LogP) is 0.781. The van der Waals surface area contributed by atoms with Crippen molar-refractivity contribution in [2.45, 2.75) is 10.9 Å². The predicted molar refractivity (Wildman–Crippen MR) is 94.7 cm³/mol. The van der Waals surface area contributed by atoms with Gasteiger partial charge in [-0.3, -0.25) is 0 Å². The lowest BCUT2D eigenvalue weighted by atomic mass is 10.1. The Kier molecular flexibility index (Phi) is 4.19. The minimum absolute atomic E-state index is 0.00174. The van der Waals surface area contributed by atoms with Crippen molar-refractivity contribution in [3.63, 3.8) is 0 Å². The van der Waals surface area contributed by atoms with Crippen molar-refractivity contribution >= 4 is 21.5 Å². The van der Waals surface area contributed by atoms with E-state index in [2.05, 4.69) is 15.3 Å². The van der Waals surface area contributed by atoms with Crippen molar-refractivity contribution in [3.05, 3.63) is 42.5 Å². The van der Waals surface area contributed by atoms with Gasteiger partial charge in [0.25, 0.3) is 0 Å². The molecule has 4 rings (SSSR count). The summed E-state index contributed by atoms with van der Waals surface area (Å²) in [7, 11) is -0.990. The number of methoxy groups -OCH3 is 1. The van der Waals surface area contributed by atoms with Crippen LogP contribution in [0.5, 0.6) is 5.75 Å². The Morgan fingerprint density at radius 3 is 2.74 bits per heavy atom. The lowest BCUT2D eigenvalue weighted by molar-refractivity contribution is 0.308. The summed E-state index contributed by atoms with van der Waals surface area (Å²) in [6.45, 7) is 0.962. The zero-order valence-corrected chi connectivity index (χ0v) is 15.5. The zero-order chi connectivity index (χ0) is 19.2. The van der Waals surface area contributed by atoms with E-state index in [1.54, 1.807) is 10.6 Å². The highest BCUT2D eigenvalue weighted by molar-refractivity contribution is 7.89. The van der Waals surface area contributed by atoms with Crippen LogP contribution in [0.1, 0.15) is 0 Å². The summed E-state index contributed by atoms with van der Waals surface area (Å²) in [6, 6.07) is 6.99. The van der Waals surface area contributed by atoms with Gasteiger partial charge in [0.1, 0.15) is 12.1 Å². The molecule has 0 N–H and O–H groups in total. The van der Waals surface area contributed by atoms with Gasteiger partial charge >= 0.3 is 0 Å². The molecule has 142 valence electrons. The Labute approximate surface area is 155 Å². The number of sulfonamides is 1. The van der Waals surface area contributed by atoms with Crippen LogP contribution in [0.4, 0.5) is 10.2 Å². The van der Waals surface area contributed by atoms with Gasteiger partial charge in [0.05, 0.1) is 18.0 Å². The third-order valence-electron chi connectivity index (χ3n) is 4.65. The van der Waals surface area contributed by atoms with E-state index in [9.17, 15) is 12.8 Å². The molecule has 0 atom stereocenters. The van der Waals surface area contributed by atoms with Gasteiger partial charge in [-0.1, -0.05) is 0 Å². The molecule has 0 amide bonds. The van der Waals surface area contributed by atoms with E-state index in [0.29, 0.717) is 24.6 Å². The molecular weight excluding hydrogens is 375 g/mol. The molecule has 2 aromatic heterocycles. The lowest BCUT2D eigenvalue weighted by Gasteiger charge is -2.43. The molecule has 3 heterocycles. The minimum Gasteiger partial charge on any atom is -0.494 e. The average molecular weight is 392 g/mol. The molecule has 0 bridgehead atoms. The zero-order valence-electron chi connectivity index (χ0n) is 14.6. The van der Waals surface area contributed by atoms with E-state index in [1.165, 1.54) is 36.9 Å². The molecule has 0 unspecified atom stereocenters. The molecule has 27 heavy (non-hydrogen) atoms. The van der Waals surface area contributed by atoms with Crippen LogP contribution in [0.15, 0.2) is 41.6 Å². The SMILES string of the molecule is COc1ccc(S(=O)(=O)N(C)C2CN(c3ccc4nncn4n3)C2)cc1F. The second-order valence-corrected chi connectivity index (χ2v) is 8.20. The summed E-state index contributed by atoms with van der Waals surface area (Å²) < 4.78 is 47.1. The number of benzene rings is 1. The standard InChI is InChI=1S/C16H17FN6O3S/c1-21(27(24,25)12-3-4-14(26-2)13(17)7-12)11-8-22(9-11)16-6-5-15-19-18-10-23(15)20-16/h3-7,10-11H,8-9H2,1-2H3. The quantitative estimate of drug-likeness (QED) is 0.633. The summed E-state index contributed by atoms with van der Waals surface area (Å²) in [5.41, 5.74) is 0.636. The summed E-state index contributed by atoms with van der Waals surface area (Å²) in [5, 5.41) is 12.1. The highest BCUT2D eigenvalue weighted by atomic mass is 32.2. The summed E-state index contributed by atoms with van der Waals surface area (Å²) in [5.74, 6) is -0.00428. The van der Waals surface area contributed by atoms with Gasteiger partial charge in [-0.15, -0.1) is 15.3 Å². The Balaban J connectivity index is 1.48. The van der Waals surface area contributed by atoms with Crippen molar-refractivity contribution in [1.29, 1.82) is 0 Å². The molecule has 1 aliphatic rings. The first-order chi connectivity index (χ1) is 12.9. The molecule has 1 saturated heterocycles. The summed E-state index contributed by atoms with van der Waals surface area (Å²) >= 11 is 0. The molecule has 3 aromatic rings. The average Bonchev–Trinajstić information content (AvgIpc) is 3.08. The fraction of sp³-hybridized carbons (Fsp3) is 0.312. The van der Waals surface area contributed by atoms with Crippen LogP contribution >= 0.6 is 0 Å². The van der Waals surface area contributed by atoms with Gasteiger partial charge in [0.2, 0.25) is 10.0 Å². The molecule has 0 radical (unpaired) electrons. The van der Waals surface area contributed by atoms with Crippen molar-refractivity contribution in [2.75, 3.05) is 32.1 Å². The maximum absolute atomic E-state index is 13.9. The summed E-state index contributed by atoms with van der Waals surface area (Å²) in [4.78, 5) is 1.84. The van der Waals surface area contributed by atoms with Crippen LogP contribution in [0, 0.1) is 5.82 Å². The maximum Gasteiger partial charge on any atom is 0.243 e. The number of ether oxygens (including phenoxy) is 1. The molecule has 1 aromatic carbocycles. The third kappa shape index (κ3) is 2.98. The molecule has 0 aliphatic carbocycles. The van der Waals surface area contributed by atoms with E-state index in [4.69, 9.17) is 4.74 Å². The van der Waals surface area contributed by atoms with Gasteiger partial charge in [0, 0.05) is 20.1 Å². The number of hydrogen-bond donors (Lipinski definition) is 0. The number of likely N-dealkylation sites (N-methyl/N-ethyl adjacent to an activating group) is 1. The minimum atomic E-state index is -3.81. The molecule has 0 spiro atoms. The van der Waals surface area contributed by atoms with Gasteiger partial charge in [-0.25, -0.2) is 12.8 Å². The van der Waals surface area contributed by atoms with Gasteiger partial charge in [0.15, 0.2) is 17.2 Å².